The number of benzene rings is 3. The molecule has 4 amide bonds. The van der Waals surface area contributed by atoms with E-state index in [0.717, 1.165) is 17.5 Å². The first-order chi connectivity index (χ1) is 43.5. The maximum absolute atomic E-state index is 13.7. The Morgan fingerprint density at radius 3 is 1.99 bits per heavy atom. The summed E-state index contributed by atoms with van der Waals surface area (Å²) in [6.45, 7) is 1.64. The average molecular weight is 1320 g/mol. The fourth-order valence-electron chi connectivity index (χ4n) is 11.1. The summed E-state index contributed by atoms with van der Waals surface area (Å²) in [5.41, 5.74) is 11.1. The van der Waals surface area contributed by atoms with Gasteiger partial charge in [-0.15, -0.1) is 11.8 Å². The first-order valence-electron chi connectivity index (χ1n) is 29.7. The Hall–Kier alpha value is -7.32. The minimum absolute atomic E-state index is 0.000205. The number of methoxy groups -OCH3 is 1. The lowest BCUT2D eigenvalue weighted by molar-refractivity contribution is -0.139. The number of aryl methyl sites for hydroxylation is 1. The number of nitrogens with zero attached hydrogens (tertiary/aromatic N) is 1. The van der Waals surface area contributed by atoms with Crippen LogP contribution in [0.1, 0.15) is 110 Å². The number of aliphatic hydroxyl groups is 1. The molecule has 0 bridgehead atoms. The number of carboxylic acid groups (broad SMARTS) is 2. The van der Waals surface area contributed by atoms with E-state index >= 15 is 0 Å². The molecule has 91 heavy (non-hydrogen) atoms. The monoisotopic (exact) mass is 1320 g/mol. The molecule has 2 aliphatic heterocycles. The quantitative estimate of drug-likeness (QED) is 0.0157. The summed E-state index contributed by atoms with van der Waals surface area (Å²) < 4.78 is 100. The Morgan fingerprint density at radius 1 is 0.758 bits per heavy atom. The van der Waals surface area contributed by atoms with Crippen LogP contribution in [-0.4, -0.2) is 168 Å². The zero-order chi connectivity index (χ0) is 65.8. The summed E-state index contributed by atoms with van der Waals surface area (Å²) in [5, 5.41) is 43.0. The Balaban J connectivity index is 0.803. The number of aliphatic hydroxyl groups excluding tert-OH is 1. The van der Waals surface area contributed by atoms with Gasteiger partial charge in [-0.2, -0.15) is 16.8 Å². The summed E-state index contributed by atoms with van der Waals surface area (Å²) in [4.78, 5) is 79.1. The van der Waals surface area contributed by atoms with E-state index in [-0.39, 0.29) is 126 Å². The van der Waals surface area contributed by atoms with Gasteiger partial charge in [0.05, 0.1) is 37.8 Å². The van der Waals surface area contributed by atoms with Crippen molar-refractivity contribution in [1.29, 1.82) is 0 Å². The van der Waals surface area contributed by atoms with Crippen LogP contribution in [0.2, 0.25) is 0 Å². The third-order valence-electron chi connectivity index (χ3n) is 15.7. The summed E-state index contributed by atoms with van der Waals surface area (Å²) in [6.07, 6.45) is 1.04. The van der Waals surface area contributed by atoms with Crippen molar-refractivity contribution in [3.05, 3.63) is 128 Å². The topological polar surface area (TPSA) is 404 Å². The van der Waals surface area contributed by atoms with Crippen molar-refractivity contribution in [2.24, 2.45) is 10.9 Å². The van der Waals surface area contributed by atoms with Gasteiger partial charge >= 0.3 is 11.9 Å². The van der Waals surface area contributed by atoms with Crippen LogP contribution in [-0.2, 0) is 74.4 Å². The van der Waals surface area contributed by atoms with Crippen molar-refractivity contribution >= 4 is 84.5 Å². The van der Waals surface area contributed by atoms with Gasteiger partial charge in [0.25, 0.3) is 20.2 Å². The average Bonchev–Trinajstić information content (AvgIpc) is 1.01. The lowest BCUT2D eigenvalue weighted by Gasteiger charge is -2.41. The van der Waals surface area contributed by atoms with Crippen LogP contribution in [0.15, 0.2) is 115 Å². The highest BCUT2D eigenvalue weighted by atomic mass is 32.2. The number of fused-ring (bicyclic) bond motifs is 2. The first kappa shape index (κ1) is 71.1. The fraction of sp³-hybridized carbons (Fsp3) is 0.468. The van der Waals surface area contributed by atoms with E-state index in [2.05, 4.69) is 43.8 Å². The second-order valence-electron chi connectivity index (χ2n) is 21.9. The number of nitrogens with one attached hydrogen (secondary N) is 4. The van der Waals surface area contributed by atoms with Gasteiger partial charge in [0, 0.05) is 87.9 Å². The van der Waals surface area contributed by atoms with Crippen molar-refractivity contribution in [3.8, 4) is 5.75 Å². The summed E-state index contributed by atoms with van der Waals surface area (Å²) in [5.74, 6) is -7.67. The largest absolute Gasteiger partial charge is 0.481 e. The van der Waals surface area contributed by atoms with Crippen LogP contribution in [0.5, 0.6) is 5.75 Å². The number of nitrogens with two attached hydrogens (primary N) is 1. The van der Waals surface area contributed by atoms with Crippen LogP contribution in [0.4, 0.5) is 5.69 Å². The zero-order valence-electron chi connectivity index (χ0n) is 50.4. The molecule has 7 rings (SSSR count). The van der Waals surface area contributed by atoms with Crippen molar-refractivity contribution in [1.82, 2.24) is 21.3 Å². The molecule has 0 saturated carbocycles. The van der Waals surface area contributed by atoms with E-state index in [1.807, 2.05) is 42.5 Å². The van der Waals surface area contributed by atoms with E-state index in [1.165, 1.54) is 43.5 Å². The fourth-order valence-corrected chi connectivity index (χ4v) is 14.0. The van der Waals surface area contributed by atoms with Crippen LogP contribution in [0.3, 0.4) is 0 Å². The third-order valence-corrected chi connectivity index (χ3v) is 18.8. The Kier molecular flexibility index (Phi) is 26.4. The molecular weight excluding hydrogens is 1240 g/mol. The standard InChI is InChI=1S/C62H78N6O20S3/c1-64-47-20-18-44-54(43-17-19-46(63)57(90(78,79)80)55(43)88-56(44)58(47)91(81,82)83)45-34-40(15-16-42(45)62(77)84-2)59(74)65-26-6-28-85-30-32-87-33-31-86-29-7-27-66-60(75)48(21-24-52(70)71)68-61(76)49(22-25-53(72)73)67-51(69)23-12-37-10-13-39(14-11-37)50-35-41(36-89-50)38-8-4-3-5-9-38/h3-5,8-11,13-14,17,19,34,36,44,48-50,54,62,77H,6-7,12,15-16,18,20-33,35,63H2,1-2H3,(H,65,74)(H,66,75)(H,67,69)(H,68,76)(H,70,71)(H,72,73)(H,78,79,80)(H,81,82,83). The molecule has 6 unspecified atom stereocenters. The number of hydrogen-bond donors (Lipinski definition) is 10. The van der Waals surface area contributed by atoms with E-state index in [0.29, 0.717) is 30.4 Å². The molecule has 0 spiro atoms. The van der Waals surface area contributed by atoms with Crippen LogP contribution < -0.4 is 31.7 Å². The highest BCUT2D eigenvalue weighted by molar-refractivity contribution is 8.02. The van der Waals surface area contributed by atoms with E-state index in [9.17, 15) is 70.0 Å². The van der Waals surface area contributed by atoms with Crippen molar-refractivity contribution < 1.29 is 93.7 Å². The van der Waals surface area contributed by atoms with Crippen molar-refractivity contribution in [2.45, 2.75) is 118 Å². The Morgan fingerprint density at radius 2 is 1.38 bits per heavy atom. The maximum atomic E-state index is 13.7. The first-order valence-corrected chi connectivity index (χ1v) is 33.5. The Labute approximate surface area is 532 Å². The van der Waals surface area contributed by atoms with Gasteiger partial charge in [0.1, 0.15) is 17.8 Å². The van der Waals surface area contributed by atoms with Gasteiger partial charge in [-0.1, -0.05) is 60.7 Å². The van der Waals surface area contributed by atoms with Gasteiger partial charge in [-0.3, -0.25) is 42.9 Å². The molecule has 11 N–H and O–H groups in total. The number of rotatable bonds is 35. The number of aliphatic imine (C=N–C) groups is 1. The molecular formula is C62H78N6O20S3. The van der Waals surface area contributed by atoms with Gasteiger partial charge in [-0.25, -0.2) is 0 Å². The highest BCUT2D eigenvalue weighted by Crippen LogP contribution is 2.55. The van der Waals surface area contributed by atoms with Crippen LogP contribution >= 0.6 is 11.8 Å². The van der Waals surface area contributed by atoms with Crippen LogP contribution in [0, 0.1) is 5.92 Å². The normalized spacial score (nSPS) is 18.8. The molecule has 29 heteroatoms. The summed E-state index contributed by atoms with van der Waals surface area (Å²) in [7, 11) is -7.56. The minimum Gasteiger partial charge on any atom is -0.481 e. The predicted molar refractivity (Wildman–Crippen MR) is 335 cm³/mol. The molecule has 3 aromatic rings. The third kappa shape index (κ3) is 20.1. The molecule has 2 heterocycles. The number of anilines is 1. The number of nitrogen functional groups attached to an aromatic ring is 1. The second-order valence-corrected chi connectivity index (χ2v) is 25.7. The lowest BCUT2D eigenvalue weighted by atomic mass is 9.69. The molecule has 26 nitrogen and oxygen atoms in total. The number of carboxylic acids is 2. The molecule has 2 aliphatic carbocycles. The summed E-state index contributed by atoms with van der Waals surface area (Å²) in [6, 6.07) is 18.3. The van der Waals surface area contributed by atoms with E-state index in [1.54, 1.807) is 11.8 Å². The molecule has 0 radical (unpaired) electrons. The number of aliphatic carboxylic acids is 2. The molecule has 3 aromatic carbocycles. The zero-order valence-corrected chi connectivity index (χ0v) is 52.9. The molecule has 0 fully saturated rings. The number of carbonyl (C=O) groups is 6. The molecule has 494 valence electrons. The van der Waals surface area contributed by atoms with Gasteiger partial charge in [-0.05, 0) is 115 Å². The minimum atomic E-state index is -5.10. The van der Waals surface area contributed by atoms with Gasteiger partial charge in [0.2, 0.25) is 23.6 Å². The van der Waals surface area contributed by atoms with E-state index < -0.39 is 120 Å². The molecule has 0 saturated heterocycles. The van der Waals surface area contributed by atoms with Gasteiger partial charge < -0.3 is 66.0 Å². The molecule has 4 aliphatic rings. The number of allylic oxidation sites excluding steroid dienone is 5. The number of hydrogen-bond acceptors (Lipinski definition) is 19. The number of thioether (sulfide) groups is 1. The maximum Gasteiger partial charge on any atom is 0.303 e. The van der Waals surface area contributed by atoms with Gasteiger partial charge in [0.15, 0.2) is 21.8 Å². The van der Waals surface area contributed by atoms with E-state index in [4.69, 9.17) is 29.4 Å². The Bertz CT molecular complexity index is 3520. The number of amides is 4. The summed E-state index contributed by atoms with van der Waals surface area (Å²) >= 11 is 1.76. The van der Waals surface area contributed by atoms with Crippen molar-refractivity contribution in [2.75, 3.05) is 72.6 Å². The SMILES string of the molecule is CN=C1CCC2C(=C1S(=O)(=O)O)Oc1c(ccc(N)c1S(=O)(=O)O)C2C1=C(C(O)OC)CCC(C(=O)NCCCOCCOCCOCCCNC(=O)C(CCC(=O)O)NC(=O)C(CCC(=O)O)NC(=O)CCc2ccc(C3CC(c4ccccc4)=CS3)cc2)=C1. The van der Waals surface area contributed by atoms with Crippen molar-refractivity contribution in [3.63, 3.8) is 0 Å². The predicted octanol–water partition coefficient (Wildman–Crippen LogP) is 5.17. The molecule has 6 atom stereocenters. The molecule has 0 aromatic heterocycles. The van der Waals surface area contributed by atoms with Crippen LogP contribution in [0.25, 0.3) is 5.57 Å². The smallest absolute Gasteiger partial charge is 0.303 e. The second kappa shape index (κ2) is 33.8. The number of ether oxygens (including phenoxy) is 5. The highest BCUT2D eigenvalue weighted by Gasteiger charge is 2.48. The lowest BCUT2D eigenvalue weighted by Crippen LogP contribution is -2.54. The number of carbonyl (C=O) groups excluding carboxylic acids is 4.